The van der Waals surface area contributed by atoms with Crippen LogP contribution in [0, 0.1) is 0 Å². The number of likely N-dealkylation sites (tertiary alicyclic amines) is 1. The number of piperidine rings is 1. The maximum absolute atomic E-state index is 9.72. The first-order valence-electron chi connectivity index (χ1n) is 9.29. The van der Waals surface area contributed by atoms with Gasteiger partial charge in [0.25, 0.3) is 0 Å². The van der Waals surface area contributed by atoms with Crippen LogP contribution in [0.5, 0.6) is 5.75 Å². The standard InChI is InChI=1S/C16H25NO.C4H8O/c1-4-13-6-7-15(18)11-16(13)14-8-9-17(5-2)12(3)10-14;1-2-4-5-3-1/h6-7,11-12,14,18H,4-5,8-10H2,1-3H3;1-4H2. The molecule has 23 heavy (non-hydrogen) atoms. The van der Waals surface area contributed by atoms with E-state index in [4.69, 9.17) is 4.74 Å². The number of hydrogen-bond acceptors (Lipinski definition) is 3. The maximum Gasteiger partial charge on any atom is 0.115 e. The third-order valence-electron chi connectivity index (χ3n) is 5.20. The molecule has 0 saturated carbocycles. The monoisotopic (exact) mass is 319 g/mol. The fourth-order valence-electron chi connectivity index (χ4n) is 3.77. The van der Waals surface area contributed by atoms with Crippen molar-refractivity contribution in [1.82, 2.24) is 4.90 Å². The molecule has 130 valence electrons. The van der Waals surface area contributed by atoms with Crippen LogP contribution in [0.2, 0.25) is 0 Å². The van der Waals surface area contributed by atoms with Gasteiger partial charge in [0.1, 0.15) is 5.75 Å². The van der Waals surface area contributed by atoms with Gasteiger partial charge >= 0.3 is 0 Å². The number of benzene rings is 1. The predicted octanol–water partition coefficient (Wildman–Crippen LogP) is 4.34. The van der Waals surface area contributed by atoms with Crippen molar-refractivity contribution in [3.05, 3.63) is 29.3 Å². The topological polar surface area (TPSA) is 32.7 Å². The molecule has 2 atom stereocenters. The van der Waals surface area contributed by atoms with Gasteiger partial charge in [-0.1, -0.05) is 19.9 Å². The molecule has 0 bridgehead atoms. The Kier molecular flexibility index (Phi) is 7.38. The summed E-state index contributed by atoms with van der Waals surface area (Å²) in [5.41, 5.74) is 2.77. The molecule has 0 spiro atoms. The lowest BCUT2D eigenvalue weighted by Crippen LogP contribution is -2.39. The van der Waals surface area contributed by atoms with Gasteiger partial charge < -0.3 is 14.7 Å². The quantitative estimate of drug-likeness (QED) is 0.899. The molecule has 0 aromatic heterocycles. The first kappa shape index (κ1) is 18.3. The van der Waals surface area contributed by atoms with Crippen LogP contribution in [0.25, 0.3) is 0 Å². The summed E-state index contributed by atoms with van der Waals surface area (Å²) in [6.07, 6.45) is 6.04. The second-order valence-corrected chi connectivity index (χ2v) is 6.76. The predicted molar refractivity (Wildman–Crippen MR) is 96.2 cm³/mol. The maximum atomic E-state index is 9.72. The van der Waals surface area contributed by atoms with E-state index >= 15 is 0 Å². The van der Waals surface area contributed by atoms with Crippen molar-refractivity contribution in [3.8, 4) is 5.75 Å². The van der Waals surface area contributed by atoms with Crippen LogP contribution in [0.15, 0.2) is 18.2 Å². The summed E-state index contributed by atoms with van der Waals surface area (Å²) >= 11 is 0. The molecule has 0 aliphatic carbocycles. The Hall–Kier alpha value is -1.06. The third kappa shape index (κ3) is 5.22. The number of hydrogen-bond donors (Lipinski definition) is 1. The molecule has 2 aliphatic heterocycles. The van der Waals surface area contributed by atoms with E-state index in [-0.39, 0.29) is 0 Å². The van der Waals surface area contributed by atoms with E-state index < -0.39 is 0 Å². The van der Waals surface area contributed by atoms with Gasteiger partial charge in [-0.05, 0) is 81.3 Å². The minimum atomic E-state index is 0.410. The van der Waals surface area contributed by atoms with E-state index in [0.717, 1.165) is 26.2 Å². The van der Waals surface area contributed by atoms with Gasteiger partial charge in [0, 0.05) is 19.3 Å². The van der Waals surface area contributed by atoms with E-state index in [2.05, 4.69) is 31.7 Å². The average molecular weight is 319 g/mol. The molecule has 0 amide bonds. The zero-order valence-corrected chi connectivity index (χ0v) is 15.1. The van der Waals surface area contributed by atoms with Gasteiger partial charge in [-0.2, -0.15) is 0 Å². The molecule has 2 fully saturated rings. The molecule has 2 unspecified atom stereocenters. The zero-order valence-electron chi connectivity index (χ0n) is 15.1. The molecule has 1 aromatic carbocycles. The number of rotatable bonds is 3. The van der Waals surface area contributed by atoms with E-state index in [1.807, 2.05) is 12.1 Å². The lowest BCUT2D eigenvalue weighted by Gasteiger charge is -2.37. The van der Waals surface area contributed by atoms with E-state index in [9.17, 15) is 5.11 Å². The molecule has 3 rings (SSSR count). The second-order valence-electron chi connectivity index (χ2n) is 6.76. The smallest absolute Gasteiger partial charge is 0.115 e. The van der Waals surface area contributed by atoms with Crippen LogP contribution in [-0.4, -0.2) is 42.4 Å². The van der Waals surface area contributed by atoms with Crippen molar-refractivity contribution >= 4 is 0 Å². The van der Waals surface area contributed by atoms with Gasteiger partial charge in [0.2, 0.25) is 0 Å². The van der Waals surface area contributed by atoms with Crippen LogP contribution in [-0.2, 0) is 11.2 Å². The highest BCUT2D eigenvalue weighted by atomic mass is 16.5. The van der Waals surface area contributed by atoms with Crippen molar-refractivity contribution in [2.24, 2.45) is 0 Å². The molecule has 2 heterocycles. The van der Waals surface area contributed by atoms with Gasteiger partial charge in [-0.3, -0.25) is 0 Å². The number of aromatic hydroxyl groups is 1. The van der Waals surface area contributed by atoms with Crippen LogP contribution in [0.1, 0.15) is 63.5 Å². The number of aryl methyl sites for hydroxylation is 1. The number of nitrogens with zero attached hydrogens (tertiary/aromatic N) is 1. The Balaban J connectivity index is 0.000000326. The molecule has 1 N–H and O–H groups in total. The number of ether oxygens (including phenoxy) is 1. The highest BCUT2D eigenvalue weighted by molar-refractivity contribution is 5.37. The number of phenolic OH excluding ortho intramolecular Hbond substituents is 1. The molecule has 3 nitrogen and oxygen atoms in total. The number of phenols is 1. The van der Waals surface area contributed by atoms with E-state index in [0.29, 0.717) is 17.7 Å². The molecular weight excluding hydrogens is 286 g/mol. The van der Waals surface area contributed by atoms with Crippen molar-refractivity contribution in [2.45, 2.75) is 64.8 Å². The molecule has 0 radical (unpaired) electrons. The van der Waals surface area contributed by atoms with Gasteiger partial charge in [0.05, 0.1) is 0 Å². The normalized spacial score (nSPS) is 25.0. The summed E-state index contributed by atoms with van der Waals surface area (Å²) < 4.78 is 4.94. The first-order chi connectivity index (χ1) is 11.2. The fourth-order valence-corrected chi connectivity index (χ4v) is 3.77. The third-order valence-corrected chi connectivity index (χ3v) is 5.20. The SMILES string of the molecule is C1CCOC1.CCc1ccc(O)cc1C1CCN(CC)C(C)C1. The molecule has 1 aromatic rings. The summed E-state index contributed by atoms with van der Waals surface area (Å²) in [5.74, 6) is 1.03. The molecule has 2 saturated heterocycles. The Morgan fingerprint density at radius 2 is 1.96 bits per heavy atom. The van der Waals surface area contributed by atoms with Crippen molar-refractivity contribution in [2.75, 3.05) is 26.3 Å². The van der Waals surface area contributed by atoms with E-state index in [1.165, 1.54) is 43.4 Å². The Morgan fingerprint density at radius 1 is 1.22 bits per heavy atom. The minimum absolute atomic E-state index is 0.410. The second kappa shape index (κ2) is 9.29. The fraction of sp³-hybridized carbons (Fsp3) is 0.700. The lowest BCUT2D eigenvalue weighted by molar-refractivity contribution is 0.154. The molecule has 2 aliphatic rings. The van der Waals surface area contributed by atoms with Gasteiger partial charge in [-0.25, -0.2) is 0 Å². The molecular formula is C20H33NO2. The summed E-state index contributed by atoms with van der Waals surface area (Å²) in [6, 6.07) is 6.53. The van der Waals surface area contributed by atoms with Crippen molar-refractivity contribution < 1.29 is 9.84 Å². The largest absolute Gasteiger partial charge is 0.508 e. The van der Waals surface area contributed by atoms with Gasteiger partial charge in [0.15, 0.2) is 0 Å². The summed E-state index contributed by atoms with van der Waals surface area (Å²) in [5, 5.41) is 9.72. The summed E-state index contributed by atoms with van der Waals surface area (Å²) in [6.45, 7) is 11.1. The van der Waals surface area contributed by atoms with Crippen LogP contribution in [0.3, 0.4) is 0 Å². The lowest BCUT2D eigenvalue weighted by atomic mass is 9.83. The van der Waals surface area contributed by atoms with Crippen LogP contribution >= 0.6 is 0 Å². The van der Waals surface area contributed by atoms with Crippen molar-refractivity contribution in [1.29, 1.82) is 0 Å². The first-order valence-corrected chi connectivity index (χ1v) is 9.29. The minimum Gasteiger partial charge on any atom is -0.508 e. The highest BCUT2D eigenvalue weighted by Crippen LogP contribution is 2.35. The van der Waals surface area contributed by atoms with E-state index in [1.54, 1.807) is 0 Å². The highest BCUT2D eigenvalue weighted by Gasteiger charge is 2.26. The summed E-state index contributed by atoms with van der Waals surface area (Å²) in [4.78, 5) is 2.55. The van der Waals surface area contributed by atoms with Crippen molar-refractivity contribution in [3.63, 3.8) is 0 Å². The Bertz CT molecular complexity index is 463. The average Bonchev–Trinajstić information content (AvgIpc) is 3.14. The summed E-state index contributed by atoms with van der Waals surface area (Å²) in [7, 11) is 0. The molecule has 3 heteroatoms. The zero-order chi connectivity index (χ0) is 16.7. The van der Waals surface area contributed by atoms with Crippen LogP contribution in [0.4, 0.5) is 0 Å². The Morgan fingerprint density at radius 3 is 2.48 bits per heavy atom. The van der Waals surface area contributed by atoms with Gasteiger partial charge in [-0.15, -0.1) is 0 Å². The Labute approximate surface area is 141 Å². The van der Waals surface area contributed by atoms with Crippen LogP contribution < -0.4 is 0 Å².